The van der Waals surface area contributed by atoms with Gasteiger partial charge in [0.1, 0.15) is 11.6 Å². The van der Waals surface area contributed by atoms with Crippen LogP contribution in [0.15, 0.2) is 71.4 Å². The van der Waals surface area contributed by atoms with Gasteiger partial charge in [-0.2, -0.15) is 9.97 Å². The molecule has 8 nitrogen and oxygen atoms in total. The van der Waals surface area contributed by atoms with Crippen molar-refractivity contribution in [2.75, 3.05) is 31.1 Å². The average molecular weight is 446 g/mol. The Balaban J connectivity index is 1.20. The largest absolute Gasteiger partial charge is 0.439 e. The molecule has 2 aromatic carbocycles. The first-order valence-electron chi connectivity index (χ1n) is 10.8. The lowest BCUT2D eigenvalue weighted by Crippen LogP contribution is -2.47. The van der Waals surface area contributed by atoms with E-state index in [1.54, 1.807) is 24.4 Å². The summed E-state index contributed by atoms with van der Waals surface area (Å²) in [7, 11) is 0. The van der Waals surface area contributed by atoms with E-state index in [0.29, 0.717) is 29.3 Å². The minimum absolute atomic E-state index is 0.00572. The lowest BCUT2D eigenvalue weighted by molar-refractivity contribution is 0.163. The molecular formula is C24H23FN6O2. The molecule has 1 aliphatic heterocycles. The second kappa shape index (κ2) is 9.33. The van der Waals surface area contributed by atoms with E-state index in [1.807, 2.05) is 30.3 Å². The SMILES string of the molecule is CC(c1nc(-c2ccccc2)no1)N1CCN(c2nccc(Oc3ccc(F)cc3)n2)CC1. The average Bonchev–Trinajstić information content (AvgIpc) is 3.36. The zero-order valence-electron chi connectivity index (χ0n) is 18.1. The van der Waals surface area contributed by atoms with Crippen LogP contribution < -0.4 is 9.64 Å². The molecular weight excluding hydrogens is 423 g/mol. The van der Waals surface area contributed by atoms with Gasteiger partial charge in [-0.1, -0.05) is 35.5 Å². The van der Waals surface area contributed by atoms with E-state index in [2.05, 4.69) is 36.8 Å². The van der Waals surface area contributed by atoms with Gasteiger partial charge in [0.15, 0.2) is 0 Å². The summed E-state index contributed by atoms with van der Waals surface area (Å²) in [5.74, 6) is 2.44. The highest BCUT2D eigenvalue weighted by molar-refractivity contribution is 5.53. The number of benzene rings is 2. The molecule has 0 aliphatic carbocycles. The van der Waals surface area contributed by atoms with Crippen LogP contribution in [0.3, 0.4) is 0 Å². The van der Waals surface area contributed by atoms with E-state index in [0.717, 1.165) is 31.7 Å². The molecule has 2 aromatic heterocycles. The molecule has 168 valence electrons. The molecule has 9 heteroatoms. The molecule has 0 amide bonds. The Morgan fingerprint density at radius 3 is 2.45 bits per heavy atom. The van der Waals surface area contributed by atoms with Gasteiger partial charge in [-0.25, -0.2) is 9.37 Å². The molecule has 5 rings (SSSR count). The molecule has 0 radical (unpaired) electrons. The number of piperazine rings is 1. The first kappa shape index (κ1) is 21.0. The molecule has 1 aliphatic rings. The molecule has 4 aromatic rings. The summed E-state index contributed by atoms with van der Waals surface area (Å²) in [4.78, 5) is 17.9. The van der Waals surface area contributed by atoms with Crippen LogP contribution in [-0.4, -0.2) is 51.2 Å². The van der Waals surface area contributed by atoms with Crippen molar-refractivity contribution in [2.45, 2.75) is 13.0 Å². The van der Waals surface area contributed by atoms with Gasteiger partial charge >= 0.3 is 0 Å². The van der Waals surface area contributed by atoms with Crippen LogP contribution in [0.2, 0.25) is 0 Å². The minimum atomic E-state index is -0.311. The second-order valence-electron chi connectivity index (χ2n) is 7.77. The Kier molecular flexibility index (Phi) is 5.95. The highest BCUT2D eigenvalue weighted by atomic mass is 19.1. The van der Waals surface area contributed by atoms with Gasteiger partial charge in [-0.15, -0.1) is 0 Å². The van der Waals surface area contributed by atoms with Crippen molar-refractivity contribution in [1.82, 2.24) is 25.0 Å². The number of hydrogen-bond donors (Lipinski definition) is 0. The summed E-state index contributed by atoms with van der Waals surface area (Å²) in [6.07, 6.45) is 1.67. The number of aromatic nitrogens is 4. The topological polar surface area (TPSA) is 80.4 Å². The van der Waals surface area contributed by atoms with Gasteiger partial charge in [-0.3, -0.25) is 4.90 Å². The maximum atomic E-state index is 13.1. The van der Waals surface area contributed by atoms with Gasteiger partial charge in [0.25, 0.3) is 0 Å². The summed E-state index contributed by atoms with van der Waals surface area (Å²) >= 11 is 0. The van der Waals surface area contributed by atoms with Crippen LogP contribution in [0.5, 0.6) is 11.6 Å². The van der Waals surface area contributed by atoms with Crippen LogP contribution in [0.1, 0.15) is 18.9 Å². The monoisotopic (exact) mass is 446 g/mol. The standard InChI is InChI=1S/C24H23FN6O2/c1-17(23-28-22(29-33-23)18-5-3-2-4-6-18)30-13-15-31(16-14-30)24-26-12-11-21(27-24)32-20-9-7-19(25)8-10-20/h2-12,17H,13-16H2,1H3. The third kappa shape index (κ3) is 4.83. The number of rotatable bonds is 6. The maximum absolute atomic E-state index is 13.1. The van der Waals surface area contributed by atoms with Crippen molar-refractivity contribution >= 4 is 5.95 Å². The Morgan fingerprint density at radius 2 is 1.70 bits per heavy atom. The molecule has 1 atom stereocenters. The molecule has 0 bridgehead atoms. The highest BCUT2D eigenvalue weighted by Gasteiger charge is 2.27. The van der Waals surface area contributed by atoms with Gasteiger partial charge in [0.2, 0.25) is 23.5 Å². The van der Waals surface area contributed by atoms with Crippen LogP contribution in [0.4, 0.5) is 10.3 Å². The van der Waals surface area contributed by atoms with Crippen LogP contribution >= 0.6 is 0 Å². The number of hydrogen-bond acceptors (Lipinski definition) is 8. The van der Waals surface area contributed by atoms with Gasteiger partial charge < -0.3 is 14.2 Å². The molecule has 33 heavy (non-hydrogen) atoms. The van der Waals surface area contributed by atoms with Crippen molar-refractivity contribution in [3.05, 3.63) is 78.6 Å². The predicted molar refractivity (Wildman–Crippen MR) is 120 cm³/mol. The molecule has 0 N–H and O–H groups in total. The Labute approximate surface area is 190 Å². The predicted octanol–water partition coefficient (Wildman–Crippen LogP) is 4.34. The molecule has 1 saturated heterocycles. The van der Waals surface area contributed by atoms with Crippen LogP contribution in [-0.2, 0) is 0 Å². The van der Waals surface area contributed by atoms with Crippen LogP contribution in [0, 0.1) is 5.82 Å². The number of ether oxygens (including phenoxy) is 1. The molecule has 1 unspecified atom stereocenters. The van der Waals surface area contributed by atoms with E-state index in [9.17, 15) is 4.39 Å². The van der Waals surface area contributed by atoms with Gasteiger partial charge in [0.05, 0.1) is 6.04 Å². The number of nitrogens with zero attached hydrogens (tertiary/aromatic N) is 6. The Morgan fingerprint density at radius 1 is 0.939 bits per heavy atom. The van der Waals surface area contributed by atoms with E-state index < -0.39 is 0 Å². The first-order chi connectivity index (χ1) is 16.2. The van der Waals surface area contributed by atoms with E-state index in [1.165, 1.54) is 12.1 Å². The van der Waals surface area contributed by atoms with E-state index in [-0.39, 0.29) is 11.9 Å². The molecule has 1 fully saturated rings. The van der Waals surface area contributed by atoms with Crippen LogP contribution in [0.25, 0.3) is 11.4 Å². The van der Waals surface area contributed by atoms with Crippen molar-refractivity contribution in [1.29, 1.82) is 0 Å². The summed E-state index contributed by atoms with van der Waals surface area (Å²) in [6.45, 7) is 5.19. The van der Waals surface area contributed by atoms with E-state index >= 15 is 0 Å². The summed E-state index contributed by atoms with van der Waals surface area (Å²) in [5, 5.41) is 4.14. The highest BCUT2D eigenvalue weighted by Crippen LogP contribution is 2.25. The zero-order valence-corrected chi connectivity index (χ0v) is 18.1. The van der Waals surface area contributed by atoms with E-state index in [4.69, 9.17) is 9.26 Å². The fraction of sp³-hybridized carbons (Fsp3) is 0.250. The van der Waals surface area contributed by atoms with Gasteiger partial charge in [0, 0.05) is 44.0 Å². The van der Waals surface area contributed by atoms with Crippen molar-refractivity contribution in [3.63, 3.8) is 0 Å². The van der Waals surface area contributed by atoms with Crippen molar-refractivity contribution in [2.24, 2.45) is 0 Å². The quantitative estimate of drug-likeness (QED) is 0.433. The smallest absolute Gasteiger partial charge is 0.244 e. The zero-order chi connectivity index (χ0) is 22.6. The van der Waals surface area contributed by atoms with Crippen molar-refractivity contribution in [3.8, 4) is 23.0 Å². The molecule has 0 saturated carbocycles. The summed E-state index contributed by atoms with van der Waals surface area (Å²) in [5.41, 5.74) is 0.935. The molecule has 3 heterocycles. The van der Waals surface area contributed by atoms with Gasteiger partial charge in [-0.05, 0) is 31.2 Å². The number of halogens is 1. The summed E-state index contributed by atoms with van der Waals surface area (Å²) < 4.78 is 24.4. The normalized spacial score (nSPS) is 15.4. The maximum Gasteiger partial charge on any atom is 0.244 e. The fourth-order valence-electron chi connectivity index (χ4n) is 3.74. The minimum Gasteiger partial charge on any atom is -0.439 e. The fourth-order valence-corrected chi connectivity index (χ4v) is 3.74. The Hall–Kier alpha value is -3.85. The summed E-state index contributed by atoms with van der Waals surface area (Å²) in [6, 6.07) is 17.3. The van der Waals surface area contributed by atoms with Crippen molar-refractivity contribution < 1.29 is 13.7 Å². The number of anilines is 1. The lowest BCUT2D eigenvalue weighted by Gasteiger charge is -2.36. The first-order valence-corrected chi connectivity index (χ1v) is 10.8. The third-order valence-electron chi connectivity index (χ3n) is 5.63. The lowest BCUT2D eigenvalue weighted by atomic mass is 10.2. The molecule has 0 spiro atoms. The Bertz CT molecular complexity index is 1190. The third-order valence-corrected chi connectivity index (χ3v) is 5.63. The second-order valence-corrected chi connectivity index (χ2v) is 7.77.